The second-order valence-corrected chi connectivity index (χ2v) is 5.28. The monoisotopic (exact) mass is 282 g/mol. The molecule has 1 N–H and O–H groups in total. The molecular weight excluding hydrogens is 268 g/mol. The number of aromatic nitrogens is 2. The van der Waals surface area contributed by atoms with Crippen molar-refractivity contribution < 1.29 is 14.4 Å². The van der Waals surface area contributed by atoms with Gasteiger partial charge in [0.05, 0.1) is 0 Å². The molecule has 5 heteroatoms. The number of hydrogen-bond donors (Lipinski definition) is 1. The number of fused-ring (bicyclic) bond motifs is 1. The van der Waals surface area contributed by atoms with Gasteiger partial charge in [0, 0.05) is 5.92 Å². The maximum Gasteiger partial charge on any atom is 0.264 e. The molecule has 1 aliphatic rings. The normalized spacial score (nSPS) is 14.5. The first-order valence-corrected chi connectivity index (χ1v) is 6.96. The number of phenols is 1. The van der Waals surface area contributed by atoms with Crippen LogP contribution < -0.4 is 4.74 Å². The number of ether oxygens (including phenoxy) is 1. The number of phenolic OH excluding ortho intramolecular Hbond substituents is 1. The Bertz CT molecular complexity index is 793. The summed E-state index contributed by atoms with van der Waals surface area (Å²) in [5, 5.41) is 15.9. The summed E-state index contributed by atoms with van der Waals surface area (Å²) >= 11 is 0. The highest BCUT2D eigenvalue weighted by Gasteiger charge is 2.28. The van der Waals surface area contributed by atoms with Gasteiger partial charge in [-0.1, -0.05) is 29.4 Å². The minimum absolute atomic E-state index is 0.107. The van der Waals surface area contributed by atoms with Gasteiger partial charge in [-0.15, -0.1) is 0 Å². The van der Waals surface area contributed by atoms with Crippen LogP contribution in [0.25, 0.3) is 10.8 Å². The minimum Gasteiger partial charge on any atom is -0.504 e. The third kappa shape index (κ3) is 2.42. The Morgan fingerprint density at radius 3 is 2.71 bits per heavy atom. The van der Waals surface area contributed by atoms with Crippen molar-refractivity contribution in [1.29, 1.82) is 0 Å². The molecule has 0 amide bonds. The molecule has 0 radical (unpaired) electrons. The number of aromatic hydroxyl groups is 1. The van der Waals surface area contributed by atoms with Crippen molar-refractivity contribution in [3.8, 4) is 11.5 Å². The van der Waals surface area contributed by atoms with Gasteiger partial charge in [0.25, 0.3) is 5.89 Å². The maximum absolute atomic E-state index is 10.00. The van der Waals surface area contributed by atoms with E-state index in [1.54, 1.807) is 6.07 Å². The van der Waals surface area contributed by atoms with Crippen molar-refractivity contribution >= 4 is 10.8 Å². The largest absolute Gasteiger partial charge is 0.504 e. The molecule has 0 spiro atoms. The van der Waals surface area contributed by atoms with Crippen LogP contribution in [0, 0.1) is 0 Å². The summed E-state index contributed by atoms with van der Waals surface area (Å²) in [5.74, 6) is 2.17. The molecule has 3 aromatic rings. The number of benzene rings is 2. The molecule has 0 aliphatic heterocycles. The van der Waals surface area contributed by atoms with Crippen molar-refractivity contribution in [3.05, 3.63) is 48.1 Å². The van der Waals surface area contributed by atoms with Crippen LogP contribution in [0.5, 0.6) is 11.5 Å². The quantitative estimate of drug-likeness (QED) is 0.794. The zero-order chi connectivity index (χ0) is 14.2. The number of hydrogen-bond acceptors (Lipinski definition) is 5. The molecule has 1 saturated carbocycles. The average molecular weight is 282 g/mol. The molecule has 5 nitrogen and oxygen atoms in total. The first kappa shape index (κ1) is 12.2. The lowest BCUT2D eigenvalue weighted by Crippen LogP contribution is -1.96. The molecule has 4 rings (SSSR count). The van der Waals surface area contributed by atoms with Gasteiger partial charge < -0.3 is 14.4 Å². The zero-order valence-electron chi connectivity index (χ0n) is 11.3. The molecule has 0 bridgehead atoms. The minimum atomic E-state index is 0.107. The molecule has 0 atom stereocenters. The Balaban J connectivity index is 1.54. The van der Waals surface area contributed by atoms with Crippen molar-refractivity contribution in [2.45, 2.75) is 25.4 Å². The van der Waals surface area contributed by atoms with E-state index >= 15 is 0 Å². The summed E-state index contributed by atoms with van der Waals surface area (Å²) in [6.45, 7) is 0.158. The highest BCUT2D eigenvalue weighted by molar-refractivity contribution is 5.85. The summed E-state index contributed by atoms with van der Waals surface area (Å²) in [6.07, 6.45) is 2.26. The summed E-state index contributed by atoms with van der Waals surface area (Å²) in [6, 6.07) is 11.3. The molecule has 1 aromatic heterocycles. The van der Waals surface area contributed by atoms with E-state index in [9.17, 15) is 5.11 Å². The molecule has 2 aromatic carbocycles. The van der Waals surface area contributed by atoms with Gasteiger partial charge in [-0.05, 0) is 35.7 Å². The fourth-order valence-electron chi connectivity index (χ4n) is 2.30. The highest BCUT2D eigenvalue weighted by Crippen LogP contribution is 2.38. The van der Waals surface area contributed by atoms with E-state index in [0.717, 1.165) is 29.4 Å². The predicted molar refractivity (Wildman–Crippen MR) is 76.2 cm³/mol. The van der Waals surface area contributed by atoms with Crippen LogP contribution >= 0.6 is 0 Å². The lowest BCUT2D eigenvalue weighted by Gasteiger charge is -2.07. The summed E-state index contributed by atoms with van der Waals surface area (Å²) in [7, 11) is 0. The molecule has 106 valence electrons. The fourth-order valence-corrected chi connectivity index (χ4v) is 2.30. The van der Waals surface area contributed by atoms with E-state index in [0.29, 0.717) is 17.6 Å². The Morgan fingerprint density at radius 2 is 1.95 bits per heavy atom. The van der Waals surface area contributed by atoms with E-state index in [4.69, 9.17) is 9.26 Å². The van der Waals surface area contributed by atoms with E-state index in [1.807, 2.05) is 30.3 Å². The fraction of sp³-hybridized carbons (Fsp3) is 0.250. The van der Waals surface area contributed by atoms with Gasteiger partial charge in [0.15, 0.2) is 23.9 Å². The Hall–Kier alpha value is -2.56. The van der Waals surface area contributed by atoms with Crippen LogP contribution in [0.15, 0.2) is 40.9 Å². The van der Waals surface area contributed by atoms with Crippen molar-refractivity contribution in [2.24, 2.45) is 0 Å². The van der Waals surface area contributed by atoms with Crippen molar-refractivity contribution in [3.63, 3.8) is 0 Å². The van der Waals surface area contributed by atoms with E-state index in [2.05, 4.69) is 10.1 Å². The molecule has 21 heavy (non-hydrogen) atoms. The van der Waals surface area contributed by atoms with Crippen LogP contribution in [0.1, 0.15) is 30.5 Å². The molecule has 1 aliphatic carbocycles. The number of rotatable bonds is 4. The van der Waals surface area contributed by atoms with Crippen molar-refractivity contribution in [1.82, 2.24) is 10.1 Å². The topological polar surface area (TPSA) is 68.4 Å². The Morgan fingerprint density at radius 1 is 1.19 bits per heavy atom. The zero-order valence-corrected chi connectivity index (χ0v) is 11.3. The molecular formula is C16H14N2O3. The third-order valence-corrected chi connectivity index (χ3v) is 3.60. The average Bonchev–Trinajstić information content (AvgIpc) is 3.24. The second-order valence-electron chi connectivity index (χ2n) is 5.28. The van der Waals surface area contributed by atoms with E-state index in [1.165, 1.54) is 0 Å². The van der Waals surface area contributed by atoms with Gasteiger partial charge in [-0.25, -0.2) is 0 Å². The van der Waals surface area contributed by atoms with Gasteiger partial charge >= 0.3 is 0 Å². The van der Waals surface area contributed by atoms with Gasteiger partial charge in [-0.2, -0.15) is 4.98 Å². The van der Waals surface area contributed by atoms with Crippen LogP contribution in [0.3, 0.4) is 0 Å². The van der Waals surface area contributed by atoms with Crippen LogP contribution in [-0.2, 0) is 6.61 Å². The third-order valence-electron chi connectivity index (χ3n) is 3.60. The lowest BCUT2D eigenvalue weighted by molar-refractivity contribution is 0.235. The Labute approximate surface area is 121 Å². The van der Waals surface area contributed by atoms with E-state index < -0.39 is 0 Å². The second kappa shape index (κ2) is 4.77. The summed E-state index contributed by atoms with van der Waals surface area (Å²) < 4.78 is 10.7. The highest BCUT2D eigenvalue weighted by atomic mass is 16.5. The van der Waals surface area contributed by atoms with Crippen LogP contribution in [-0.4, -0.2) is 15.2 Å². The lowest BCUT2D eigenvalue weighted by atomic mass is 10.1. The molecule has 1 heterocycles. The summed E-state index contributed by atoms with van der Waals surface area (Å²) in [5.41, 5.74) is 0. The molecule has 1 fully saturated rings. The first-order chi connectivity index (χ1) is 10.3. The van der Waals surface area contributed by atoms with Crippen molar-refractivity contribution in [2.75, 3.05) is 0 Å². The van der Waals surface area contributed by atoms with Gasteiger partial charge in [-0.3, -0.25) is 0 Å². The van der Waals surface area contributed by atoms with Crippen LogP contribution in [0.2, 0.25) is 0 Å². The number of nitrogens with zero attached hydrogens (tertiary/aromatic N) is 2. The maximum atomic E-state index is 10.00. The predicted octanol–water partition coefficient (Wildman–Crippen LogP) is 3.38. The van der Waals surface area contributed by atoms with Gasteiger partial charge in [0.2, 0.25) is 0 Å². The van der Waals surface area contributed by atoms with Gasteiger partial charge in [0.1, 0.15) is 0 Å². The summed E-state index contributed by atoms with van der Waals surface area (Å²) in [4.78, 5) is 4.29. The van der Waals surface area contributed by atoms with Crippen LogP contribution in [0.4, 0.5) is 0 Å². The molecule has 0 unspecified atom stereocenters. The smallest absolute Gasteiger partial charge is 0.264 e. The SMILES string of the molecule is Oc1cc2ccccc2cc1OCc1nc(C2CC2)no1. The first-order valence-electron chi connectivity index (χ1n) is 6.96. The molecule has 0 saturated heterocycles. The standard InChI is InChI=1S/C16H14N2O3/c19-13-7-11-3-1-2-4-12(11)8-14(13)20-9-15-17-16(18-21-15)10-5-6-10/h1-4,7-8,10,19H,5-6,9H2. The Kier molecular flexibility index (Phi) is 2.77. The van der Waals surface area contributed by atoms with E-state index in [-0.39, 0.29) is 12.4 Å².